The van der Waals surface area contributed by atoms with Crippen LogP contribution in [0.3, 0.4) is 0 Å². The van der Waals surface area contributed by atoms with Crippen LogP contribution in [0.15, 0.2) is 42.5 Å². The number of hydrogen-bond acceptors (Lipinski definition) is 4. The number of hydrogen-bond donors (Lipinski definition) is 1. The number of aryl methyl sites for hydroxylation is 1. The Balaban J connectivity index is 1.60. The van der Waals surface area contributed by atoms with Gasteiger partial charge in [-0.15, -0.1) is 0 Å². The monoisotopic (exact) mass is 394 g/mol. The average Bonchev–Trinajstić information content (AvgIpc) is 3.28. The Hall–Kier alpha value is -3.35. The number of rotatable bonds is 4. The molecule has 2 aliphatic rings. The zero-order valence-electron chi connectivity index (χ0n) is 16.3. The minimum atomic E-state index is -0.957. The Morgan fingerprint density at radius 3 is 2.59 bits per heavy atom. The van der Waals surface area contributed by atoms with Gasteiger partial charge in [0.25, 0.3) is 0 Å². The Kier molecular flexibility index (Phi) is 4.74. The number of anilines is 2. The average molecular weight is 394 g/mol. The molecule has 1 N–H and O–H groups in total. The molecule has 2 atom stereocenters. The van der Waals surface area contributed by atoms with E-state index in [-0.39, 0.29) is 31.3 Å². The summed E-state index contributed by atoms with van der Waals surface area (Å²) < 4.78 is 5.39. The highest BCUT2D eigenvalue weighted by molar-refractivity contribution is 6.06. The third kappa shape index (κ3) is 3.22. The lowest BCUT2D eigenvalue weighted by Crippen LogP contribution is -2.37. The number of carboxylic acids is 1. The minimum absolute atomic E-state index is 0.0893. The van der Waals surface area contributed by atoms with Crippen LogP contribution < -0.4 is 14.5 Å². The van der Waals surface area contributed by atoms with Crippen LogP contribution in [0.2, 0.25) is 0 Å². The van der Waals surface area contributed by atoms with Gasteiger partial charge >= 0.3 is 5.97 Å². The van der Waals surface area contributed by atoms with Gasteiger partial charge in [0.1, 0.15) is 11.7 Å². The molecule has 0 radical (unpaired) electrons. The summed E-state index contributed by atoms with van der Waals surface area (Å²) in [5.74, 6) is -2.03. The zero-order valence-corrected chi connectivity index (χ0v) is 16.3. The number of ether oxygens (including phenoxy) is 1. The summed E-state index contributed by atoms with van der Waals surface area (Å²) in [4.78, 5) is 40.7. The molecule has 7 nitrogen and oxygen atoms in total. The molecule has 0 aliphatic carbocycles. The number of aliphatic carboxylic acids is 1. The molecular formula is C22H22N2O5. The number of carbonyl (C=O) groups is 3. The maximum absolute atomic E-state index is 13.2. The first kappa shape index (κ1) is 19.0. The normalized spacial score (nSPS) is 20.7. The number of nitrogens with zero attached hydrogens (tertiary/aromatic N) is 2. The van der Waals surface area contributed by atoms with Crippen LogP contribution in [-0.4, -0.2) is 43.1 Å². The van der Waals surface area contributed by atoms with Gasteiger partial charge in [-0.2, -0.15) is 0 Å². The predicted octanol–water partition coefficient (Wildman–Crippen LogP) is 2.57. The lowest BCUT2D eigenvalue weighted by Gasteiger charge is -2.23. The van der Waals surface area contributed by atoms with E-state index in [4.69, 9.17) is 4.74 Å². The van der Waals surface area contributed by atoms with Crippen molar-refractivity contribution >= 4 is 29.2 Å². The van der Waals surface area contributed by atoms with Gasteiger partial charge in [-0.3, -0.25) is 14.4 Å². The number of para-hydroxylation sites is 1. The van der Waals surface area contributed by atoms with Crippen molar-refractivity contribution < 1.29 is 24.2 Å². The molecule has 2 amide bonds. The first-order valence-corrected chi connectivity index (χ1v) is 9.48. The van der Waals surface area contributed by atoms with E-state index in [1.54, 1.807) is 42.3 Å². The molecule has 2 unspecified atom stereocenters. The lowest BCUT2D eigenvalue weighted by atomic mass is 10.0. The van der Waals surface area contributed by atoms with E-state index in [1.807, 2.05) is 19.1 Å². The Morgan fingerprint density at radius 2 is 1.86 bits per heavy atom. The highest BCUT2D eigenvalue weighted by atomic mass is 16.5. The summed E-state index contributed by atoms with van der Waals surface area (Å²) in [6, 6.07) is 12.6. The van der Waals surface area contributed by atoms with Gasteiger partial charge < -0.3 is 19.6 Å². The standard InChI is InChI=1S/C22H22N2O5/c1-13-7-8-19(29-2)18(9-13)23-11-14(10-20(23)25)21(26)24-12-16(22(27)28)15-5-3-4-6-17(15)24/h3-9,14,16H,10-12H2,1-2H3,(H,27,28). The molecule has 0 saturated carbocycles. The number of carbonyl (C=O) groups excluding carboxylic acids is 2. The van der Waals surface area contributed by atoms with Crippen molar-refractivity contribution in [3.8, 4) is 5.75 Å². The Morgan fingerprint density at radius 1 is 1.10 bits per heavy atom. The van der Waals surface area contributed by atoms with E-state index in [9.17, 15) is 19.5 Å². The first-order chi connectivity index (χ1) is 13.9. The van der Waals surface area contributed by atoms with E-state index >= 15 is 0 Å². The van der Waals surface area contributed by atoms with E-state index < -0.39 is 17.8 Å². The second-order valence-corrected chi connectivity index (χ2v) is 7.48. The topological polar surface area (TPSA) is 87.2 Å². The predicted molar refractivity (Wildman–Crippen MR) is 107 cm³/mol. The Labute approximate surface area is 168 Å². The largest absolute Gasteiger partial charge is 0.495 e. The van der Waals surface area contributed by atoms with Crippen molar-refractivity contribution in [1.82, 2.24) is 0 Å². The van der Waals surface area contributed by atoms with Crippen molar-refractivity contribution in [2.24, 2.45) is 5.92 Å². The third-order valence-corrected chi connectivity index (χ3v) is 5.63. The molecule has 2 aromatic rings. The third-order valence-electron chi connectivity index (χ3n) is 5.63. The fourth-order valence-corrected chi connectivity index (χ4v) is 4.16. The van der Waals surface area contributed by atoms with Crippen LogP contribution in [-0.2, 0) is 14.4 Å². The quantitative estimate of drug-likeness (QED) is 0.861. The summed E-state index contributed by atoms with van der Waals surface area (Å²) in [5.41, 5.74) is 2.89. The SMILES string of the molecule is COc1ccc(C)cc1N1CC(C(=O)N2CC(C(=O)O)c3ccccc32)CC1=O. The minimum Gasteiger partial charge on any atom is -0.495 e. The lowest BCUT2D eigenvalue weighted by molar-refractivity contribution is -0.138. The summed E-state index contributed by atoms with van der Waals surface area (Å²) in [6.45, 7) is 2.26. The molecule has 2 aromatic carbocycles. The van der Waals surface area contributed by atoms with Gasteiger partial charge in [0.2, 0.25) is 11.8 Å². The number of carboxylic acid groups (broad SMARTS) is 1. The fourth-order valence-electron chi connectivity index (χ4n) is 4.16. The van der Waals surface area contributed by atoms with Crippen molar-refractivity contribution in [1.29, 1.82) is 0 Å². The molecule has 0 bridgehead atoms. The van der Waals surface area contributed by atoms with Crippen molar-refractivity contribution in [3.05, 3.63) is 53.6 Å². The number of methoxy groups -OCH3 is 1. The van der Waals surface area contributed by atoms with Crippen LogP contribution in [0.5, 0.6) is 5.75 Å². The maximum atomic E-state index is 13.2. The molecule has 7 heteroatoms. The summed E-state index contributed by atoms with van der Waals surface area (Å²) in [7, 11) is 1.55. The van der Waals surface area contributed by atoms with E-state index in [2.05, 4.69) is 0 Å². The van der Waals surface area contributed by atoms with Crippen LogP contribution in [0, 0.1) is 12.8 Å². The highest BCUT2D eigenvalue weighted by Gasteiger charge is 2.43. The van der Waals surface area contributed by atoms with Gasteiger partial charge in [0, 0.05) is 25.2 Å². The second-order valence-electron chi connectivity index (χ2n) is 7.48. The van der Waals surface area contributed by atoms with Crippen LogP contribution >= 0.6 is 0 Å². The zero-order chi connectivity index (χ0) is 20.7. The number of fused-ring (bicyclic) bond motifs is 1. The summed E-state index contributed by atoms with van der Waals surface area (Å²) in [5, 5.41) is 9.53. The number of amides is 2. The molecule has 2 heterocycles. The summed E-state index contributed by atoms with van der Waals surface area (Å²) in [6.07, 6.45) is 0.0896. The van der Waals surface area contributed by atoms with Gasteiger partial charge in [-0.1, -0.05) is 24.3 Å². The van der Waals surface area contributed by atoms with Crippen molar-refractivity contribution in [2.45, 2.75) is 19.3 Å². The van der Waals surface area contributed by atoms with Crippen LogP contribution in [0.4, 0.5) is 11.4 Å². The van der Waals surface area contributed by atoms with Crippen molar-refractivity contribution in [2.75, 3.05) is 30.0 Å². The van der Waals surface area contributed by atoms with E-state index in [1.165, 1.54) is 4.90 Å². The fraction of sp³-hybridized carbons (Fsp3) is 0.318. The molecular weight excluding hydrogens is 372 g/mol. The Bertz CT molecular complexity index is 1000. The molecule has 0 spiro atoms. The van der Waals surface area contributed by atoms with Gasteiger partial charge in [-0.25, -0.2) is 0 Å². The molecule has 2 aliphatic heterocycles. The molecule has 150 valence electrons. The van der Waals surface area contributed by atoms with E-state index in [0.717, 1.165) is 5.56 Å². The van der Waals surface area contributed by atoms with Gasteiger partial charge in [0.15, 0.2) is 0 Å². The maximum Gasteiger partial charge on any atom is 0.312 e. The highest BCUT2D eigenvalue weighted by Crippen LogP contribution is 2.39. The van der Waals surface area contributed by atoms with E-state index in [0.29, 0.717) is 22.7 Å². The summed E-state index contributed by atoms with van der Waals surface area (Å²) >= 11 is 0. The van der Waals surface area contributed by atoms with Gasteiger partial charge in [0.05, 0.1) is 18.7 Å². The molecule has 4 rings (SSSR count). The smallest absolute Gasteiger partial charge is 0.312 e. The second kappa shape index (κ2) is 7.24. The molecule has 0 aromatic heterocycles. The van der Waals surface area contributed by atoms with Crippen molar-refractivity contribution in [3.63, 3.8) is 0 Å². The molecule has 1 saturated heterocycles. The van der Waals surface area contributed by atoms with Crippen LogP contribution in [0.25, 0.3) is 0 Å². The molecule has 29 heavy (non-hydrogen) atoms. The number of benzene rings is 2. The van der Waals surface area contributed by atoms with Gasteiger partial charge in [-0.05, 0) is 36.2 Å². The van der Waals surface area contributed by atoms with Crippen LogP contribution in [0.1, 0.15) is 23.5 Å². The molecule has 1 fully saturated rings. The first-order valence-electron chi connectivity index (χ1n) is 9.48.